The van der Waals surface area contributed by atoms with Gasteiger partial charge in [-0.3, -0.25) is 4.57 Å². The van der Waals surface area contributed by atoms with Crippen molar-refractivity contribution >= 4 is 7.82 Å². The second-order valence-corrected chi connectivity index (χ2v) is 8.92. The Bertz CT molecular complexity index is 416. The van der Waals surface area contributed by atoms with Crippen molar-refractivity contribution in [2.75, 3.05) is 13.2 Å². The molecule has 0 aromatic carbocycles. The van der Waals surface area contributed by atoms with E-state index < -0.39 is 7.82 Å². The Hall–Kier alpha value is 0.650. The number of phosphoric acid groups is 1. The van der Waals surface area contributed by atoms with E-state index in [9.17, 15) is 9.46 Å². The maximum Gasteiger partial charge on any atom is 1.00 e. The SMILES string of the molecule is CCCCCCCCCCCCCCCC/C=C/OP(=O)([O-])OCC1CO1.[Na+]. The summed E-state index contributed by atoms with van der Waals surface area (Å²) < 4.78 is 25.6. The summed E-state index contributed by atoms with van der Waals surface area (Å²) in [5, 5.41) is 0. The third-order valence-corrected chi connectivity index (χ3v) is 5.68. The molecule has 1 fully saturated rings. The zero-order valence-electron chi connectivity index (χ0n) is 18.2. The van der Waals surface area contributed by atoms with Crippen molar-refractivity contribution < 1.29 is 52.8 Å². The van der Waals surface area contributed by atoms with Crippen molar-refractivity contribution in [1.82, 2.24) is 0 Å². The monoisotopic (exact) mass is 426 g/mol. The Kier molecular flexibility index (Phi) is 20.1. The Morgan fingerprint density at radius 2 is 1.39 bits per heavy atom. The molecule has 1 rings (SSSR count). The van der Waals surface area contributed by atoms with Gasteiger partial charge in [0.1, 0.15) is 6.10 Å². The van der Waals surface area contributed by atoms with Crippen molar-refractivity contribution in [2.45, 2.75) is 109 Å². The molecule has 0 aliphatic carbocycles. The number of hydrogen-bond donors (Lipinski definition) is 0. The van der Waals surface area contributed by atoms with E-state index in [0.29, 0.717) is 6.61 Å². The van der Waals surface area contributed by atoms with Crippen LogP contribution in [-0.4, -0.2) is 19.3 Å². The third-order valence-electron chi connectivity index (χ3n) is 4.83. The van der Waals surface area contributed by atoms with Gasteiger partial charge in [-0.05, 0) is 18.9 Å². The zero-order valence-corrected chi connectivity index (χ0v) is 21.1. The molecule has 28 heavy (non-hydrogen) atoms. The minimum Gasteiger partial charge on any atom is -0.746 e. The van der Waals surface area contributed by atoms with Crippen LogP contribution < -0.4 is 34.5 Å². The molecule has 0 aromatic rings. The Morgan fingerprint density at radius 3 is 1.86 bits per heavy atom. The molecule has 0 radical (unpaired) electrons. The fourth-order valence-corrected chi connectivity index (χ4v) is 3.66. The molecule has 0 bridgehead atoms. The topological polar surface area (TPSA) is 71.1 Å². The van der Waals surface area contributed by atoms with E-state index in [4.69, 9.17) is 4.74 Å². The van der Waals surface area contributed by atoms with Crippen molar-refractivity contribution in [3.8, 4) is 0 Å². The summed E-state index contributed by atoms with van der Waals surface area (Å²) in [6.45, 7) is 2.88. The third kappa shape index (κ3) is 19.9. The number of hydrogen-bond acceptors (Lipinski definition) is 5. The van der Waals surface area contributed by atoms with Crippen LogP contribution in [0.25, 0.3) is 0 Å². The summed E-state index contributed by atoms with van der Waals surface area (Å²) in [5.41, 5.74) is 0. The molecule has 2 unspecified atom stereocenters. The summed E-state index contributed by atoms with van der Waals surface area (Å²) in [4.78, 5) is 11.4. The molecule has 0 saturated carbocycles. The second-order valence-electron chi connectivity index (χ2n) is 7.56. The molecular weight excluding hydrogens is 386 g/mol. The number of allylic oxidation sites excluding steroid dienone is 1. The predicted octanol–water partition coefficient (Wildman–Crippen LogP) is 3.28. The first kappa shape index (κ1) is 28.6. The number of ether oxygens (including phenoxy) is 1. The standard InChI is InChI=1S/C21H41O5P.Na/c1-2-3-4-5-6-7-8-9-10-11-12-13-14-15-16-17-18-25-27(22,23)26-20-21-19-24-21;/h17-18,21H,2-16,19-20H2,1H3,(H,22,23);/q;+1/p-1/b18-17+;. The van der Waals surface area contributed by atoms with E-state index in [-0.39, 0.29) is 42.3 Å². The van der Waals surface area contributed by atoms with Crippen LogP contribution >= 0.6 is 7.82 Å². The summed E-state index contributed by atoms with van der Waals surface area (Å²) in [5.74, 6) is 0. The Balaban J connectivity index is 0.00000729. The molecule has 0 N–H and O–H groups in total. The fraction of sp³-hybridized carbons (Fsp3) is 0.905. The fourth-order valence-electron chi connectivity index (χ4n) is 3.01. The van der Waals surface area contributed by atoms with Crippen LogP contribution in [0.15, 0.2) is 12.3 Å². The quantitative estimate of drug-likeness (QED) is 0.0982. The Morgan fingerprint density at radius 1 is 0.929 bits per heavy atom. The van der Waals surface area contributed by atoms with Crippen LogP contribution in [0.4, 0.5) is 0 Å². The minimum atomic E-state index is -4.21. The van der Waals surface area contributed by atoms with Gasteiger partial charge in [0.2, 0.25) is 0 Å². The van der Waals surface area contributed by atoms with E-state index in [0.717, 1.165) is 12.8 Å². The van der Waals surface area contributed by atoms with Crippen molar-refractivity contribution in [3.63, 3.8) is 0 Å². The molecule has 7 heteroatoms. The molecule has 1 saturated heterocycles. The van der Waals surface area contributed by atoms with Crippen LogP contribution in [0.1, 0.15) is 103 Å². The molecule has 0 amide bonds. The van der Waals surface area contributed by atoms with Crippen LogP contribution in [0, 0.1) is 0 Å². The van der Waals surface area contributed by atoms with Gasteiger partial charge >= 0.3 is 37.4 Å². The van der Waals surface area contributed by atoms with Gasteiger partial charge in [-0.1, -0.05) is 90.4 Å². The van der Waals surface area contributed by atoms with Crippen LogP contribution in [-0.2, 0) is 18.3 Å². The summed E-state index contributed by atoms with van der Waals surface area (Å²) in [7, 11) is -4.21. The van der Waals surface area contributed by atoms with Gasteiger partial charge in [0.05, 0.1) is 19.5 Å². The van der Waals surface area contributed by atoms with Gasteiger partial charge in [0.15, 0.2) is 0 Å². The smallest absolute Gasteiger partial charge is 0.746 e. The largest absolute Gasteiger partial charge is 1.00 e. The average Bonchev–Trinajstić information content (AvgIpc) is 3.47. The molecule has 5 nitrogen and oxygen atoms in total. The molecule has 1 heterocycles. The van der Waals surface area contributed by atoms with Crippen molar-refractivity contribution in [3.05, 3.63) is 12.3 Å². The van der Waals surface area contributed by atoms with Crippen molar-refractivity contribution in [2.24, 2.45) is 0 Å². The van der Waals surface area contributed by atoms with E-state index >= 15 is 0 Å². The van der Waals surface area contributed by atoms with Gasteiger partial charge in [0.25, 0.3) is 0 Å². The first-order valence-electron chi connectivity index (χ1n) is 11.0. The number of unbranched alkanes of at least 4 members (excludes halogenated alkanes) is 14. The molecule has 0 spiro atoms. The predicted molar refractivity (Wildman–Crippen MR) is 108 cm³/mol. The summed E-state index contributed by atoms with van der Waals surface area (Å²) in [6.07, 6.45) is 22.4. The molecule has 0 aromatic heterocycles. The van der Waals surface area contributed by atoms with Gasteiger partial charge in [-0.2, -0.15) is 0 Å². The maximum atomic E-state index is 11.4. The molecule has 160 valence electrons. The first-order chi connectivity index (χ1) is 13.1. The van der Waals surface area contributed by atoms with Gasteiger partial charge in [-0.15, -0.1) is 0 Å². The van der Waals surface area contributed by atoms with E-state index in [1.54, 1.807) is 6.08 Å². The number of rotatable bonds is 20. The average molecular weight is 427 g/mol. The van der Waals surface area contributed by atoms with Gasteiger partial charge in [-0.25, -0.2) is 0 Å². The summed E-state index contributed by atoms with van der Waals surface area (Å²) >= 11 is 0. The van der Waals surface area contributed by atoms with E-state index in [1.165, 1.54) is 89.7 Å². The zero-order chi connectivity index (χ0) is 19.6. The van der Waals surface area contributed by atoms with Crippen LogP contribution in [0.5, 0.6) is 0 Å². The van der Waals surface area contributed by atoms with Crippen molar-refractivity contribution in [1.29, 1.82) is 0 Å². The molecule has 1 aliphatic heterocycles. The van der Waals surface area contributed by atoms with E-state index in [1.807, 2.05) is 0 Å². The number of epoxide rings is 1. The minimum absolute atomic E-state index is 0. The van der Waals surface area contributed by atoms with Gasteiger partial charge in [0, 0.05) is 0 Å². The molecular formula is C21H40NaO5P. The number of phosphoric ester groups is 1. The first-order valence-corrected chi connectivity index (χ1v) is 12.5. The molecule has 2 atom stereocenters. The maximum absolute atomic E-state index is 11.4. The summed E-state index contributed by atoms with van der Waals surface area (Å²) in [6, 6.07) is 0. The van der Waals surface area contributed by atoms with E-state index in [2.05, 4.69) is 16.0 Å². The van der Waals surface area contributed by atoms with Crippen LogP contribution in [0.2, 0.25) is 0 Å². The normalized spacial score (nSPS) is 18.0. The van der Waals surface area contributed by atoms with Gasteiger partial charge < -0.3 is 18.7 Å². The Labute approximate surface area is 194 Å². The molecule has 1 aliphatic rings. The second kappa shape index (κ2) is 19.6. The van der Waals surface area contributed by atoms with Crippen LogP contribution in [0.3, 0.4) is 0 Å².